The Bertz CT molecular complexity index is 294. The normalized spacial score (nSPS) is 12.5. The van der Waals surface area contributed by atoms with Crippen molar-refractivity contribution in [3.63, 3.8) is 0 Å². The summed E-state index contributed by atoms with van der Waals surface area (Å²) in [5.41, 5.74) is 10.9. The van der Waals surface area contributed by atoms with Crippen molar-refractivity contribution in [3.8, 4) is 0 Å². The van der Waals surface area contributed by atoms with Crippen molar-refractivity contribution in [1.29, 1.82) is 0 Å². The van der Waals surface area contributed by atoms with Gasteiger partial charge >= 0.3 is 0 Å². The van der Waals surface area contributed by atoms with Gasteiger partial charge in [-0.15, -0.1) is 0 Å². The molecule has 0 aliphatic heterocycles. The molecule has 1 atom stereocenters. The number of nitrogen functional groups attached to an aromatic ring is 2. The molecule has 1 aromatic rings. The predicted octanol–water partition coefficient (Wildman–Crippen LogP) is -0.542. The number of aliphatic hydroxyl groups is 1. The molecule has 0 spiro atoms. The Morgan fingerprint density at radius 1 is 1.50 bits per heavy atom. The van der Waals surface area contributed by atoms with Crippen molar-refractivity contribution in [2.45, 2.75) is 13.0 Å². The Kier molecular flexibility index (Phi) is 3.08. The summed E-state index contributed by atoms with van der Waals surface area (Å²) in [5, 5.41) is 9.18. The van der Waals surface area contributed by atoms with Gasteiger partial charge in [-0.1, -0.05) is 0 Å². The van der Waals surface area contributed by atoms with Gasteiger partial charge in [0.15, 0.2) is 0 Å². The largest absolute Gasteiger partial charge is 0.392 e. The van der Waals surface area contributed by atoms with Crippen LogP contribution >= 0.6 is 0 Å². The minimum absolute atomic E-state index is 0.137. The van der Waals surface area contributed by atoms with Crippen LogP contribution in [0.1, 0.15) is 6.92 Å². The van der Waals surface area contributed by atoms with Gasteiger partial charge in [-0.3, -0.25) is 0 Å². The van der Waals surface area contributed by atoms with Gasteiger partial charge in [0.05, 0.1) is 6.10 Å². The number of likely N-dealkylation sites (N-methyl/N-ethyl adjacent to an activating group) is 1. The third-order valence-corrected chi connectivity index (χ3v) is 1.68. The minimum Gasteiger partial charge on any atom is -0.392 e. The molecule has 1 unspecified atom stereocenters. The van der Waals surface area contributed by atoms with Crippen molar-refractivity contribution < 1.29 is 5.11 Å². The lowest BCUT2D eigenvalue weighted by Gasteiger charge is -2.19. The highest BCUT2D eigenvalue weighted by molar-refractivity contribution is 5.49. The van der Waals surface area contributed by atoms with Crippen LogP contribution in [-0.2, 0) is 0 Å². The summed E-state index contributed by atoms with van der Waals surface area (Å²) in [6, 6.07) is 1.61. The zero-order valence-corrected chi connectivity index (χ0v) is 8.31. The molecule has 0 aliphatic rings. The van der Waals surface area contributed by atoms with Crippen molar-refractivity contribution in [1.82, 2.24) is 9.97 Å². The average molecular weight is 197 g/mol. The van der Waals surface area contributed by atoms with Crippen LogP contribution < -0.4 is 16.4 Å². The zero-order valence-electron chi connectivity index (χ0n) is 8.31. The Hall–Kier alpha value is -1.56. The molecule has 78 valence electrons. The standard InChI is InChI=1S/C8H15N5O/c1-5(14)4-13(2)7-3-6(9)11-8(10)12-7/h3,5,14H,4H2,1-2H3,(H4,9,10,11,12). The second-order valence-corrected chi connectivity index (χ2v) is 3.24. The van der Waals surface area contributed by atoms with E-state index in [1.54, 1.807) is 24.9 Å². The van der Waals surface area contributed by atoms with Gasteiger partial charge in [0, 0.05) is 19.7 Å². The quantitative estimate of drug-likeness (QED) is 0.601. The van der Waals surface area contributed by atoms with E-state index < -0.39 is 6.10 Å². The summed E-state index contributed by atoms with van der Waals surface area (Å²) in [6.07, 6.45) is -0.433. The van der Waals surface area contributed by atoms with Crippen LogP contribution in [0.4, 0.5) is 17.6 Å². The first-order valence-corrected chi connectivity index (χ1v) is 4.28. The van der Waals surface area contributed by atoms with Gasteiger partial charge in [0.1, 0.15) is 11.6 Å². The Labute approximate surface area is 82.6 Å². The molecular weight excluding hydrogens is 182 g/mol. The smallest absolute Gasteiger partial charge is 0.223 e. The van der Waals surface area contributed by atoms with E-state index in [-0.39, 0.29) is 5.95 Å². The number of nitrogens with zero attached hydrogens (tertiary/aromatic N) is 3. The van der Waals surface area contributed by atoms with E-state index in [0.717, 1.165) is 0 Å². The van der Waals surface area contributed by atoms with Gasteiger partial charge in [0.25, 0.3) is 0 Å². The van der Waals surface area contributed by atoms with E-state index in [9.17, 15) is 5.11 Å². The summed E-state index contributed by atoms with van der Waals surface area (Å²) >= 11 is 0. The highest BCUT2D eigenvalue weighted by Gasteiger charge is 2.07. The first-order chi connectivity index (χ1) is 6.49. The Morgan fingerprint density at radius 2 is 2.14 bits per heavy atom. The lowest BCUT2D eigenvalue weighted by Crippen LogP contribution is -2.28. The molecule has 1 heterocycles. The SMILES string of the molecule is CC(O)CN(C)c1cc(N)nc(N)n1. The number of hydrogen-bond acceptors (Lipinski definition) is 6. The Balaban J connectivity index is 2.84. The van der Waals surface area contributed by atoms with E-state index in [2.05, 4.69) is 9.97 Å². The number of hydrogen-bond donors (Lipinski definition) is 3. The monoisotopic (exact) mass is 197 g/mol. The molecule has 0 bridgehead atoms. The van der Waals surface area contributed by atoms with Crippen molar-refractivity contribution in [3.05, 3.63) is 6.07 Å². The highest BCUT2D eigenvalue weighted by Crippen LogP contribution is 2.13. The summed E-state index contributed by atoms with van der Waals surface area (Å²) in [5.74, 6) is 1.07. The second kappa shape index (κ2) is 4.10. The molecule has 0 radical (unpaired) electrons. The number of aliphatic hydroxyl groups excluding tert-OH is 1. The molecule has 1 rings (SSSR count). The number of aromatic nitrogens is 2. The number of rotatable bonds is 3. The van der Waals surface area contributed by atoms with Gasteiger partial charge in [-0.25, -0.2) is 0 Å². The summed E-state index contributed by atoms with van der Waals surface area (Å²) < 4.78 is 0. The Morgan fingerprint density at radius 3 is 2.64 bits per heavy atom. The first-order valence-electron chi connectivity index (χ1n) is 4.28. The summed E-state index contributed by atoms with van der Waals surface area (Å²) in [7, 11) is 1.80. The summed E-state index contributed by atoms with van der Waals surface area (Å²) in [4.78, 5) is 9.50. The molecule has 0 aliphatic carbocycles. The molecule has 0 saturated heterocycles. The van der Waals surface area contributed by atoms with E-state index in [1.165, 1.54) is 0 Å². The second-order valence-electron chi connectivity index (χ2n) is 3.24. The van der Waals surface area contributed by atoms with Crippen LogP contribution in [0, 0.1) is 0 Å². The van der Waals surface area contributed by atoms with Crippen molar-refractivity contribution in [2.24, 2.45) is 0 Å². The van der Waals surface area contributed by atoms with Gasteiger partial charge in [0.2, 0.25) is 5.95 Å². The topological polar surface area (TPSA) is 101 Å². The molecule has 6 heteroatoms. The number of nitrogens with two attached hydrogens (primary N) is 2. The third kappa shape index (κ3) is 2.74. The zero-order chi connectivity index (χ0) is 10.7. The van der Waals surface area contributed by atoms with Gasteiger partial charge in [-0.05, 0) is 6.92 Å². The van der Waals surface area contributed by atoms with E-state index in [1.807, 2.05) is 0 Å². The van der Waals surface area contributed by atoms with Crippen LogP contribution in [0.5, 0.6) is 0 Å². The van der Waals surface area contributed by atoms with E-state index in [4.69, 9.17) is 11.5 Å². The van der Waals surface area contributed by atoms with Crippen LogP contribution in [0.25, 0.3) is 0 Å². The third-order valence-electron chi connectivity index (χ3n) is 1.68. The average Bonchev–Trinajstić information content (AvgIpc) is 2.00. The maximum absolute atomic E-state index is 9.18. The molecule has 1 aromatic heterocycles. The fourth-order valence-corrected chi connectivity index (χ4v) is 1.16. The van der Waals surface area contributed by atoms with Crippen LogP contribution in [0.15, 0.2) is 6.07 Å². The molecular formula is C8H15N5O. The molecule has 14 heavy (non-hydrogen) atoms. The van der Waals surface area contributed by atoms with Gasteiger partial charge < -0.3 is 21.5 Å². The summed E-state index contributed by atoms with van der Waals surface area (Å²) in [6.45, 7) is 2.17. The molecule has 0 saturated carbocycles. The predicted molar refractivity (Wildman–Crippen MR) is 55.8 cm³/mol. The highest BCUT2D eigenvalue weighted by atomic mass is 16.3. The fourth-order valence-electron chi connectivity index (χ4n) is 1.16. The molecule has 0 fully saturated rings. The molecule has 5 N–H and O–H groups in total. The fraction of sp³-hybridized carbons (Fsp3) is 0.500. The number of anilines is 3. The first kappa shape index (κ1) is 10.5. The van der Waals surface area contributed by atoms with Crippen LogP contribution in [0.3, 0.4) is 0 Å². The lowest BCUT2D eigenvalue weighted by molar-refractivity contribution is 0.201. The van der Waals surface area contributed by atoms with E-state index in [0.29, 0.717) is 18.2 Å². The molecule has 0 aromatic carbocycles. The maximum Gasteiger partial charge on any atom is 0.223 e. The van der Waals surface area contributed by atoms with Crippen LogP contribution in [-0.4, -0.2) is 34.8 Å². The molecule has 0 amide bonds. The van der Waals surface area contributed by atoms with E-state index >= 15 is 0 Å². The molecule has 6 nitrogen and oxygen atoms in total. The van der Waals surface area contributed by atoms with Crippen molar-refractivity contribution in [2.75, 3.05) is 30.0 Å². The minimum atomic E-state index is -0.433. The lowest BCUT2D eigenvalue weighted by atomic mass is 10.3. The van der Waals surface area contributed by atoms with Crippen LogP contribution in [0.2, 0.25) is 0 Å². The van der Waals surface area contributed by atoms with Gasteiger partial charge in [-0.2, -0.15) is 9.97 Å². The maximum atomic E-state index is 9.18. The van der Waals surface area contributed by atoms with Crippen molar-refractivity contribution >= 4 is 17.6 Å².